The smallest absolute Gasteiger partial charge is 0.309 e. The number of allylic oxidation sites excluding steroid dienone is 1. The largest absolute Gasteiger partial charge is 0.457 e. The number of carbonyl (C=O) groups is 2. The zero-order chi connectivity index (χ0) is 13.9. The predicted molar refractivity (Wildman–Crippen MR) is 68.2 cm³/mol. The highest BCUT2D eigenvalue weighted by Crippen LogP contribution is 2.54. The Morgan fingerprint density at radius 2 is 2.05 bits per heavy atom. The summed E-state index contributed by atoms with van der Waals surface area (Å²) in [6.07, 6.45) is 0.911. The van der Waals surface area contributed by atoms with Gasteiger partial charge in [0.1, 0.15) is 6.10 Å². The maximum Gasteiger partial charge on any atom is 0.309 e. The second kappa shape index (κ2) is 3.92. The summed E-state index contributed by atoms with van der Waals surface area (Å²) >= 11 is 0. The molecule has 4 nitrogen and oxygen atoms in total. The second-order valence-electron chi connectivity index (χ2n) is 6.45. The molecule has 1 N–H and O–H groups in total. The highest BCUT2D eigenvalue weighted by molar-refractivity contribution is 5.97. The summed E-state index contributed by atoms with van der Waals surface area (Å²) in [4.78, 5) is 23.8. The second-order valence-corrected chi connectivity index (χ2v) is 6.45. The lowest BCUT2D eigenvalue weighted by Gasteiger charge is -2.48. The van der Waals surface area contributed by atoms with E-state index in [2.05, 4.69) is 0 Å². The van der Waals surface area contributed by atoms with Gasteiger partial charge in [0.05, 0.1) is 12.0 Å². The summed E-state index contributed by atoms with van der Waals surface area (Å²) < 4.78 is 5.52. The van der Waals surface area contributed by atoms with E-state index in [0.717, 1.165) is 18.4 Å². The fourth-order valence-electron chi connectivity index (χ4n) is 4.05. The molecule has 0 aromatic rings. The molecule has 0 radical (unpaired) electrons. The number of ether oxygens (including phenoxy) is 1. The van der Waals surface area contributed by atoms with Crippen LogP contribution in [0.2, 0.25) is 0 Å². The summed E-state index contributed by atoms with van der Waals surface area (Å²) in [5, 5.41) is 10.3. The minimum atomic E-state index is -0.658. The molecule has 0 bridgehead atoms. The Morgan fingerprint density at radius 3 is 2.74 bits per heavy atom. The van der Waals surface area contributed by atoms with Crippen molar-refractivity contribution in [1.29, 1.82) is 0 Å². The van der Waals surface area contributed by atoms with Crippen molar-refractivity contribution in [3.8, 4) is 0 Å². The van der Waals surface area contributed by atoms with E-state index in [4.69, 9.17) is 4.74 Å². The molecular weight excluding hydrogens is 244 g/mol. The van der Waals surface area contributed by atoms with Crippen molar-refractivity contribution in [3.63, 3.8) is 0 Å². The van der Waals surface area contributed by atoms with Gasteiger partial charge in [0, 0.05) is 17.8 Å². The van der Waals surface area contributed by atoms with Crippen molar-refractivity contribution in [2.45, 2.75) is 52.2 Å². The molecule has 0 aromatic carbocycles. The van der Waals surface area contributed by atoms with E-state index >= 15 is 0 Å². The first kappa shape index (κ1) is 12.9. The highest BCUT2D eigenvalue weighted by atomic mass is 16.6. The topological polar surface area (TPSA) is 63.6 Å². The first-order valence-electron chi connectivity index (χ1n) is 6.99. The third-order valence-electron chi connectivity index (χ3n) is 5.48. The maximum absolute atomic E-state index is 12.0. The van der Waals surface area contributed by atoms with Crippen LogP contribution in [0.15, 0.2) is 11.1 Å². The summed E-state index contributed by atoms with van der Waals surface area (Å²) in [7, 11) is 0. The Morgan fingerprint density at radius 1 is 1.37 bits per heavy atom. The number of ketones is 1. The number of Topliss-reactive ketones (excluding diaryl/α,β-unsaturated/α-hetero) is 1. The molecule has 3 aliphatic rings. The van der Waals surface area contributed by atoms with Crippen molar-refractivity contribution < 1.29 is 19.4 Å². The van der Waals surface area contributed by atoms with E-state index in [1.54, 1.807) is 6.92 Å². The van der Waals surface area contributed by atoms with Crippen LogP contribution in [-0.2, 0) is 14.3 Å². The fraction of sp³-hybridized carbons (Fsp3) is 0.733. The van der Waals surface area contributed by atoms with Crippen LogP contribution in [0.25, 0.3) is 0 Å². The molecule has 2 aliphatic carbocycles. The normalized spacial score (nSPS) is 45.9. The van der Waals surface area contributed by atoms with Crippen LogP contribution < -0.4 is 0 Å². The number of aliphatic hydroxyl groups excluding tert-OH is 1. The molecule has 19 heavy (non-hydrogen) atoms. The molecule has 0 spiro atoms. The van der Waals surface area contributed by atoms with Crippen molar-refractivity contribution in [2.75, 3.05) is 0 Å². The Bertz CT molecular complexity index is 492. The lowest BCUT2D eigenvalue weighted by Crippen LogP contribution is -2.49. The number of carbonyl (C=O) groups excluding carboxylic acids is 2. The molecule has 0 amide bonds. The van der Waals surface area contributed by atoms with Gasteiger partial charge in [-0.05, 0) is 30.9 Å². The van der Waals surface area contributed by atoms with Gasteiger partial charge >= 0.3 is 5.97 Å². The Hall–Kier alpha value is -1.16. The molecule has 1 heterocycles. The van der Waals surface area contributed by atoms with Crippen molar-refractivity contribution in [1.82, 2.24) is 0 Å². The van der Waals surface area contributed by atoms with Crippen LogP contribution in [-0.4, -0.2) is 29.1 Å². The van der Waals surface area contributed by atoms with Crippen molar-refractivity contribution in [2.24, 2.45) is 17.3 Å². The Kier molecular flexibility index (Phi) is 2.65. The van der Waals surface area contributed by atoms with Gasteiger partial charge in [-0.3, -0.25) is 9.59 Å². The number of hydrogen-bond donors (Lipinski definition) is 1. The van der Waals surface area contributed by atoms with E-state index in [9.17, 15) is 14.7 Å². The molecule has 2 fully saturated rings. The maximum atomic E-state index is 12.0. The molecule has 5 unspecified atom stereocenters. The SMILES string of the molecule is CC1=C2C3OC(=O)C(C)C3CCC2(C)C(O)CC1=O. The monoisotopic (exact) mass is 264 g/mol. The summed E-state index contributed by atoms with van der Waals surface area (Å²) in [6, 6.07) is 0. The number of fused-ring (bicyclic) bond motifs is 3. The molecule has 1 saturated heterocycles. The number of aliphatic hydroxyl groups is 1. The predicted octanol–water partition coefficient (Wildman–Crippen LogP) is 1.61. The van der Waals surface area contributed by atoms with E-state index in [-0.39, 0.29) is 36.1 Å². The summed E-state index contributed by atoms with van der Waals surface area (Å²) in [5.41, 5.74) is 1.17. The summed E-state index contributed by atoms with van der Waals surface area (Å²) in [5.74, 6) is -0.143. The van der Waals surface area contributed by atoms with E-state index in [0.29, 0.717) is 5.57 Å². The molecule has 104 valence electrons. The molecule has 0 aromatic heterocycles. The van der Waals surface area contributed by atoms with Crippen molar-refractivity contribution in [3.05, 3.63) is 11.1 Å². The molecule has 5 atom stereocenters. The Balaban J connectivity index is 2.11. The number of hydrogen-bond acceptors (Lipinski definition) is 4. The third-order valence-corrected chi connectivity index (χ3v) is 5.48. The molecular formula is C15H20O4. The average Bonchev–Trinajstić information content (AvgIpc) is 2.63. The van der Waals surface area contributed by atoms with E-state index in [1.165, 1.54) is 0 Å². The molecule has 1 aliphatic heterocycles. The van der Waals surface area contributed by atoms with Gasteiger partial charge in [0.2, 0.25) is 0 Å². The zero-order valence-electron chi connectivity index (χ0n) is 11.6. The lowest BCUT2D eigenvalue weighted by molar-refractivity contribution is -0.144. The number of rotatable bonds is 0. The van der Waals surface area contributed by atoms with Crippen LogP contribution >= 0.6 is 0 Å². The minimum Gasteiger partial charge on any atom is -0.457 e. The van der Waals surface area contributed by atoms with E-state index in [1.807, 2.05) is 13.8 Å². The molecule has 1 saturated carbocycles. The van der Waals surface area contributed by atoms with Gasteiger partial charge in [0.15, 0.2) is 5.78 Å². The van der Waals surface area contributed by atoms with Gasteiger partial charge in [-0.15, -0.1) is 0 Å². The van der Waals surface area contributed by atoms with Crippen LogP contribution in [0.4, 0.5) is 0 Å². The molecule has 3 rings (SSSR count). The zero-order valence-corrected chi connectivity index (χ0v) is 11.6. The first-order chi connectivity index (χ1) is 8.86. The van der Waals surface area contributed by atoms with Crippen LogP contribution in [0.1, 0.15) is 40.0 Å². The highest BCUT2D eigenvalue weighted by Gasteiger charge is 2.56. The summed E-state index contributed by atoms with van der Waals surface area (Å²) in [6.45, 7) is 5.70. The average molecular weight is 264 g/mol. The quantitative estimate of drug-likeness (QED) is 0.675. The Labute approximate surface area is 112 Å². The lowest BCUT2D eigenvalue weighted by atomic mass is 9.58. The molecule has 4 heteroatoms. The number of esters is 1. The van der Waals surface area contributed by atoms with Crippen molar-refractivity contribution >= 4 is 11.8 Å². The third kappa shape index (κ3) is 1.55. The fourth-order valence-corrected chi connectivity index (χ4v) is 4.05. The van der Waals surface area contributed by atoms with Crippen LogP contribution in [0.3, 0.4) is 0 Å². The first-order valence-corrected chi connectivity index (χ1v) is 6.99. The van der Waals surface area contributed by atoms with E-state index < -0.39 is 11.5 Å². The van der Waals surface area contributed by atoms with Gasteiger partial charge in [0.25, 0.3) is 0 Å². The van der Waals surface area contributed by atoms with Crippen LogP contribution in [0.5, 0.6) is 0 Å². The van der Waals surface area contributed by atoms with Gasteiger partial charge in [-0.25, -0.2) is 0 Å². The van der Waals surface area contributed by atoms with Crippen LogP contribution in [0, 0.1) is 17.3 Å². The van der Waals surface area contributed by atoms with Gasteiger partial charge in [-0.2, -0.15) is 0 Å². The standard InChI is InChI=1S/C15H20O4/c1-7-9-4-5-15(3)11(17)6-10(16)8(2)12(15)13(9)19-14(7)18/h7,9,11,13,17H,4-6H2,1-3H3. The minimum absolute atomic E-state index is 0.0174. The van der Waals surface area contributed by atoms with Gasteiger partial charge < -0.3 is 9.84 Å². The van der Waals surface area contributed by atoms with Gasteiger partial charge in [-0.1, -0.05) is 13.8 Å².